The summed E-state index contributed by atoms with van der Waals surface area (Å²) < 4.78 is 21.6. The molecule has 0 N–H and O–H groups in total. The van der Waals surface area contributed by atoms with Crippen molar-refractivity contribution < 1.29 is 33.3 Å². The molecule has 0 aromatic carbocycles. The molecule has 0 unspecified atom stereocenters. The first-order chi connectivity index (χ1) is 15.1. The Labute approximate surface area is 187 Å². The molecule has 0 saturated carbocycles. The molecule has 1 aliphatic rings. The summed E-state index contributed by atoms with van der Waals surface area (Å²) in [5, 5.41) is 0. The molecule has 0 amide bonds. The zero-order valence-electron chi connectivity index (χ0n) is 19.7. The van der Waals surface area contributed by atoms with Crippen LogP contribution in [-0.2, 0) is 35.1 Å². The quantitative estimate of drug-likeness (QED) is 0.261. The van der Waals surface area contributed by atoms with Crippen LogP contribution in [0, 0.1) is 13.8 Å². The highest BCUT2D eigenvalue weighted by atomic mass is 16.7. The number of pyridine rings is 1. The van der Waals surface area contributed by atoms with Crippen LogP contribution in [0.5, 0.6) is 0 Å². The standard InChI is InChI=1S/C13H17NO5.C9H15NO3/c1-8-9(2)14(7-11-18-4-5-19-11)6-10(12(8)15)13(16)17-3;1-5-8(11)7(6-10(2)3)9(12)13-4/h6,11H,4-5,7H2,1-3H3;6H,5H2,1-4H3/b;7-6-. The molecule has 1 aromatic rings. The maximum atomic E-state index is 12.0. The Morgan fingerprint density at radius 1 is 1.16 bits per heavy atom. The minimum absolute atomic E-state index is 0.0311. The van der Waals surface area contributed by atoms with Crippen LogP contribution >= 0.6 is 0 Å². The van der Waals surface area contributed by atoms with Crippen LogP contribution < -0.4 is 5.43 Å². The van der Waals surface area contributed by atoms with Gasteiger partial charge in [0.2, 0.25) is 0 Å². The Balaban J connectivity index is 0.000000347. The molecule has 1 fully saturated rings. The highest BCUT2D eigenvalue weighted by Gasteiger charge is 2.21. The third-order valence-electron chi connectivity index (χ3n) is 4.70. The van der Waals surface area contributed by atoms with E-state index >= 15 is 0 Å². The van der Waals surface area contributed by atoms with Crippen LogP contribution in [0.1, 0.15) is 35.0 Å². The Hall–Kier alpha value is -2.98. The normalized spacial score (nSPS) is 13.8. The number of ether oxygens (including phenoxy) is 4. The van der Waals surface area contributed by atoms with Crippen LogP contribution in [0.2, 0.25) is 0 Å². The fraction of sp³-hybridized carbons (Fsp3) is 0.545. The van der Waals surface area contributed by atoms with Gasteiger partial charge in [0.05, 0.1) is 34.0 Å². The summed E-state index contributed by atoms with van der Waals surface area (Å²) in [5.74, 6) is -1.42. The number of carbonyl (C=O) groups excluding carboxylic acids is 3. The molecule has 10 nitrogen and oxygen atoms in total. The van der Waals surface area contributed by atoms with Gasteiger partial charge in [-0.15, -0.1) is 0 Å². The lowest BCUT2D eigenvalue weighted by atomic mass is 10.1. The fourth-order valence-corrected chi connectivity index (χ4v) is 2.81. The van der Waals surface area contributed by atoms with Crippen LogP contribution in [0.25, 0.3) is 0 Å². The number of ketones is 1. The summed E-state index contributed by atoms with van der Waals surface area (Å²) in [5.41, 5.74) is 1.14. The molecule has 178 valence electrons. The van der Waals surface area contributed by atoms with E-state index in [1.165, 1.54) is 26.6 Å². The third-order valence-corrected chi connectivity index (χ3v) is 4.70. The molecule has 1 aliphatic heterocycles. The first-order valence-electron chi connectivity index (χ1n) is 10.1. The Morgan fingerprint density at radius 3 is 2.22 bits per heavy atom. The highest BCUT2D eigenvalue weighted by Crippen LogP contribution is 2.12. The predicted octanol–water partition coefficient (Wildman–Crippen LogP) is 1.21. The first-order valence-corrected chi connectivity index (χ1v) is 10.1. The van der Waals surface area contributed by atoms with Crippen molar-refractivity contribution >= 4 is 17.7 Å². The maximum Gasteiger partial charge on any atom is 0.343 e. The van der Waals surface area contributed by atoms with Gasteiger partial charge in [-0.05, 0) is 13.8 Å². The summed E-state index contributed by atoms with van der Waals surface area (Å²) >= 11 is 0. The lowest BCUT2D eigenvalue weighted by Gasteiger charge is -2.17. The third kappa shape index (κ3) is 7.31. The maximum absolute atomic E-state index is 12.0. The topological polar surface area (TPSA) is 113 Å². The van der Waals surface area contributed by atoms with Gasteiger partial charge in [-0.2, -0.15) is 0 Å². The van der Waals surface area contributed by atoms with E-state index in [2.05, 4.69) is 9.47 Å². The van der Waals surface area contributed by atoms with Crippen molar-refractivity contribution in [1.29, 1.82) is 0 Å². The van der Waals surface area contributed by atoms with Crippen LogP contribution in [0.15, 0.2) is 22.8 Å². The van der Waals surface area contributed by atoms with E-state index in [1.807, 2.05) is 6.92 Å². The molecule has 32 heavy (non-hydrogen) atoms. The molecule has 0 bridgehead atoms. The summed E-state index contributed by atoms with van der Waals surface area (Å²) in [4.78, 5) is 47.6. The lowest BCUT2D eigenvalue weighted by Crippen LogP contribution is -2.26. The van der Waals surface area contributed by atoms with Gasteiger partial charge in [-0.25, -0.2) is 9.59 Å². The van der Waals surface area contributed by atoms with Gasteiger partial charge >= 0.3 is 11.9 Å². The Morgan fingerprint density at radius 2 is 1.75 bits per heavy atom. The van der Waals surface area contributed by atoms with E-state index in [1.54, 1.807) is 37.4 Å². The molecule has 1 saturated heterocycles. The molecule has 2 heterocycles. The van der Waals surface area contributed by atoms with Gasteiger partial charge in [0.15, 0.2) is 17.5 Å². The van der Waals surface area contributed by atoms with Crippen LogP contribution in [0.4, 0.5) is 0 Å². The number of aromatic nitrogens is 1. The Bertz CT molecular complexity index is 893. The summed E-state index contributed by atoms with van der Waals surface area (Å²) in [6, 6.07) is 0. The lowest BCUT2D eigenvalue weighted by molar-refractivity contribution is -0.137. The Kier molecular flexibility index (Phi) is 10.8. The van der Waals surface area contributed by atoms with Gasteiger partial charge in [0.1, 0.15) is 11.1 Å². The van der Waals surface area contributed by atoms with Gasteiger partial charge in [0, 0.05) is 44.2 Å². The first kappa shape index (κ1) is 27.1. The number of hydrogen-bond acceptors (Lipinski definition) is 9. The second-order valence-corrected chi connectivity index (χ2v) is 7.17. The SMILES string of the molecule is CCC(=O)/C(=C/N(C)C)C(=O)OC.COC(=O)c1cn(CC2OCCO2)c(C)c(C)c1=O. The molecule has 0 atom stereocenters. The number of nitrogens with zero attached hydrogens (tertiary/aromatic N) is 2. The molecule has 0 aliphatic carbocycles. The van der Waals surface area contributed by atoms with Crippen molar-refractivity contribution in [2.45, 2.75) is 40.0 Å². The van der Waals surface area contributed by atoms with Crippen LogP contribution in [0.3, 0.4) is 0 Å². The van der Waals surface area contributed by atoms with Crippen molar-refractivity contribution in [1.82, 2.24) is 9.47 Å². The largest absolute Gasteiger partial charge is 0.465 e. The van der Waals surface area contributed by atoms with Crippen molar-refractivity contribution in [3.63, 3.8) is 0 Å². The number of hydrogen-bond donors (Lipinski definition) is 0. The molecule has 10 heteroatoms. The second-order valence-electron chi connectivity index (χ2n) is 7.17. The fourth-order valence-electron chi connectivity index (χ4n) is 2.81. The van der Waals surface area contributed by atoms with E-state index in [4.69, 9.17) is 9.47 Å². The minimum atomic E-state index is -0.630. The van der Waals surface area contributed by atoms with E-state index < -0.39 is 11.9 Å². The zero-order valence-corrected chi connectivity index (χ0v) is 19.7. The second kappa shape index (κ2) is 12.8. The van der Waals surface area contributed by atoms with Crippen LogP contribution in [-0.4, -0.2) is 75.0 Å². The summed E-state index contributed by atoms with van der Waals surface area (Å²) in [6.07, 6.45) is 2.93. The number of esters is 2. The number of carbonyl (C=O) groups is 3. The average Bonchev–Trinajstić information content (AvgIpc) is 3.29. The van der Waals surface area contributed by atoms with Gasteiger partial charge in [-0.3, -0.25) is 9.59 Å². The van der Waals surface area contributed by atoms with E-state index in [9.17, 15) is 19.2 Å². The zero-order chi connectivity index (χ0) is 24.4. The molecule has 2 rings (SSSR count). The van der Waals surface area contributed by atoms with Gasteiger partial charge < -0.3 is 28.4 Å². The molecular formula is C22H32N2O8. The molecular weight excluding hydrogens is 420 g/mol. The average molecular weight is 453 g/mol. The van der Waals surface area contributed by atoms with E-state index in [-0.39, 0.29) is 28.6 Å². The van der Waals surface area contributed by atoms with E-state index in [0.29, 0.717) is 31.7 Å². The van der Waals surface area contributed by atoms with Gasteiger partial charge in [0.25, 0.3) is 0 Å². The van der Waals surface area contributed by atoms with E-state index in [0.717, 1.165) is 5.69 Å². The molecule has 1 aromatic heterocycles. The predicted molar refractivity (Wildman–Crippen MR) is 116 cm³/mol. The minimum Gasteiger partial charge on any atom is -0.465 e. The number of methoxy groups -OCH3 is 2. The van der Waals surface area contributed by atoms with Crippen molar-refractivity contribution in [3.8, 4) is 0 Å². The van der Waals surface area contributed by atoms with Crippen molar-refractivity contribution in [2.24, 2.45) is 0 Å². The van der Waals surface area contributed by atoms with Crippen molar-refractivity contribution in [2.75, 3.05) is 41.5 Å². The van der Waals surface area contributed by atoms with Gasteiger partial charge in [-0.1, -0.05) is 6.92 Å². The molecule has 0 spiro atoms. The number of Topliss-reactive ketones (excluding diaryl/α,β-unsaturated/α-hetero) is 1. The molecule has 0 radical (unpaired) electrons. The number of rotatable bonds is 7. The summed E-state index contributed by atoms with van der Waals surface area (Å²) in [6.45, 7) is 6.79. The summed E-state index contributed by atoms with van der Waals surface area (Å²) in [7, 11) is 6.00. The smallest absolute Gasteiger partial charge is 0.343 e. The highest BCUT2D eigenvalue weighted by molar-refractivity contribution is 6.17. The monoisotopic (exact) mass is 452 g/mol. The van der Waals surface area contributed by atoms with Crippen molar-refractivity contribution in [3.05, 3.63) is 45.0 Å².